The number of ether oxygens (including phenoxy) is 1. The molecule has 8 heteroatoms. The molecule has 1 amide bonds. The average Bonchev–Trinajstić information content (AvgIpc) is 2.63. The van der Waals surface area contributed by atoms with E-state index in [-0.39, 0.29) is 12.5 Å². The van der Waals surface area contributed by atoms with Crippen LogP contribution in [-0.2, 0) is 15.0 Å². The van der Waals surface area contributed by atoms with Crippen molar-refractivity contribution >= 4 is 16.1 Å². The highest BCUT2D eigenvalue weighted by atomic mass is 32.2. The first kappa shape index (κ1) is 20.7. The summed E-state index contributed by atoms with van der Waals surface area (Å²) in [6.45, 7) is 9.82. The molecule has 0 aromatic heterocycles. The van der Waals surface area contributed by atoms with Gasteiger partial charge >= 0.3 is 0 Å². The largest absolute Gasteiger partial charge is 0.483 e. The van der Waals surface area contributed by atoms with Crippen molar-refractivity contribution in [2.75, 3.05) is 45.9 Å². The molecule has 0 saturated carbocycles. The Bertz CT molecular complexity index is 724. The van der Waals surface area contributed by atoms with Crippen LogP contribution >= 0.6 is 0 Å². The van der Waals surface area contributed by atoms with Gasteiger partial charge in [-0.05, 0) is 31.0 Å². The summed E-state index contributed by atoms with van der Waals surface area (Å²) in [6.07, 6.45) is 0. The Kier molecular flexibility index (Phi) is 7.02. The maximum Gasteiger partial charge on any atom is 0.282 e. The molecule has 1 aliphatic rings. The average molecular weight is 384 g/mol. The number of hydrogen-bond donors (Lipinski definition) is 0. The van der Waals surface area contributed by atoms with E-state index in [4.69, 9.17) is 4.74 Å². The zero-order valence-corrected chi connectivity index (χ0v) is 16.9. The van der Waals surface area contributed by atoms with Gasteiger partial charge in [0.15, 0.2) is 6.61 Å². The lowest BCUT2D eigenvalue weighted by Gasteiger charge is -2.36. The SMILES string of the molecule is CCN(CC)S(=O)(=O)N1CCN(C(=O)COc2cc(C)ccc2C)CC1. The van der Waals surface area contributed by atoms with E-state index in [1.165, 1.54) is 8.61 Å². The van der Waals surface area contributed by atoms with Gasteiger partial charge in [0.05, 0.1) is 0 Å². The molecule has 1 fully saturated rings. The van der Waals surface area contributed by atoms with Gasteiger partial charge in [-0.2, -0.15) is 17.0 Å². The summed E-state index contributed by atoms with van der Waals surface area (Å²) in [6, 6.07) is 5.88. The lowest BCUT2D eigenvalue weighted by Crippen LogP contribution is -2.54. The molecule has 1 aromatic carbocycles. The van der Waals surface area contributed by atoms with Crippen LogP contribution in [-0.4, -0.2) is 73.7 Å². The van der Waals surface area contributed by atoms with Crippen molar-refractivity contribution in [3.05, 3.63) is 29.3 Å². The second-order valence-corrected chi connectivity index (χ2v) is 8.36. The number of hydrogen-bond acceptors (Lipinski definition) is 4. The Hall–Kier alpha value is -1.64. The van der Waals surface area contributed by atoms with Crippen LogP contribution in [0.3, 0.4) is 0 Å². The maximum absolute atomic E-state index is 12.5. The fourth-order valence-corrected chi connectivity index (χ4v) is 4.58. The molecule has 1 aromatic rings. The molecule has 26 heavy (non-hydrogen) atoms. The molecule has 0 aliphatic carbocycles. The lowest BCUT2D eigenvalue weighted by molar-refractivity contribution is -0.134. The third-order valence-electron chi connectivity index (χ3n) is 4.64. The molecule has 0 spiro atoms. The van der Waals surface area contributed by atoms with Crippen LogP contribution in [0.1, 0.15) is 25.0 Å². The third kappa shape index (κ3) is 4.75. The maximum atomic E-state index is 12.5. The number of carbonyl (C=O) groups excluding carboxylic acids is 1. The molecule has 7 nitrogen and oxygen atoms in total. The number of amides is 1. The summed E-state index contributed by atoms with van der Waals surface area (Å²) in [5, 5.41) is 0. The van der Waals surface area contributed by atoms with E-state index in [0.717, 1.165) is 11.1 Å². The minimum atomic E-state index is -3.44. The van der Waals surface area contributed by atoms with E-state index in [0.29, 0.717) is 45.0 Å². The van der Waals surface area contributed by atoms with Gasteiger partial charge in [0.25, 0.3) is 16.1 Å². The first-order chi connectivity index (χ1) is 12.3. The highest BCUT2D eigenvalue weighted by Gasteiger charge is 2.32. The highest BCUT2D eigenvalue weighted by Crippen LogP contribution is 2.19. The number of benzene rings is 1. The third-order valence-corrected chi connectivity index (χ3v) is 6.83. The molecular weight excluding hydrogens is 354 g/mol. The molecule has 0 atom stereocenters. The Morgan fingerprint density at radius 3 is 2.31 bits per heavy atom. The van der Waals surface area contributed by atoms with Crippen molar-refractivity contribution in [1.82, 2.24) is 13.5 Å². The fourth-order valence-electron chi connectivity index (χ4n) is 2.98. The van der Waals surface area contributed by atoms with Crippen LogP contribution in [0.4, 0.5) is 0 Å². The Balaban J connectivity index is 1.89. The van der Waals surface area contributed by atoms with Crippen molar-refractivity contribution in [3.8, 4) is 5.75 Å². The Labute approximate surface area is 156 Å². The van der Waals surface area contributed by atoms with Crippen LogP contribution < -0.4 is 4.74 Å². The summed E-state index contributed by atoms with van der Waals surface area (Å²) in [5.74, 6) is 0.590. The monoisotopic (exact) mass is 383 g/mol. The van der Waals surface area contributed by atoms with Crippen molar-refractivity contribution in [2.45, 2.75) is 27.7 Å². The number of piperazine rings is 1. The zero-order chi connectivity index (χ0) is 19.3. The quantitative estimate of drug-likeness (QED) is 0.714. The first-order valence-electron chi connectivity index (χ1n) is 9.02. The number of nitrogens with zero attached hydrogens (tertiary/aromatic N) is 3. The second-order valence-electron chi connectivity index (χ2n) is 6.43. The first-order valence-corrected chi connectivity index (χ1v) is 10.4. The predicted octanol–water partition coefficient (Wildman–Crippen LogP) is 1.41. The van der Waals surface area contributed by atoms with Gasteiger partial charge in [0, 0.05) is 39.3 Å². The number of carbonyl (C=O) groups is 1. The molecule has 0 unspecified atom stereocenters. The van der Waals surface area contributed by atoms with E-state index in [2.05, 4.69) is 0 Å². The van der Waals surface area contributed by atoms with E-state index in [1.807, 2.05) is 45.9 Å². The Morgan fingerprint density at radius 2 is 1.73 bits per heavy atom. The Morgan fingerprint density at radius 1 is 1.12 bits per heavy atom. The normalized spacial score (nSPS) is 16.1. The topological polar surface area (TPSA) is 70.2 Å². The molecule has 0 radical (unpaired) electrons. The second kappa shape index (κ2) is 8.83. The summed E-state index contributed by atoms with van der Waals surface area (Å²) < 4.78 is 33.6. The van der Waals surface area contributed by atoms with Crippen LogP contribution in [0.2, 0.25) is 0 Å². The smallest absolute Gasteiger partial charge is 0.282 e. The highest BCUT2D eigenvalue weighted by molar-refractivity contribution is 7.86. The van der Waals surface area contributed by atoms with Gasteiger partial charge in [-0.3, -0.25) is 4.79 Å². The summed E-state index contributed by atoms with van der Waals surface area (Å²) >= 11 is 0. The molecule has 1 heterocycles. The van der Waals surface area contributed by atoms with Crippen LogP contribution in [0.15, 0.2) is 18.2 Å². The van der Waals surface area contributed by atoms with E-state index >= 15 is 0 Å². The van der Waals surface area contributed by atoms with Gasteiger partial charge in [0.1, 0.15) is 5.75 Å². The zero-order valence-electron chi connectivity index (χ0n) is 16.1. The minimum absolute atomic E-state index is 0.0346. The van der Waals surface area contributed by atoms with Crippen molar-refractivity contribution < 1.29 is 17.9 Å². The summed E-state index contributed by atoms with van der Waals surface area (Å²) in [7, 11) is -3.44. The molecule has 0 bridgehead atoms. The standard InChI is InChI=1S/C18H29N3O4S/c1-5-20(6-2)26(23,24)21-11-9-19(10-12-21)18(22)14-25-17-13-15(3)7-8-16(17)4/h7-8,13H,5-6,9-12,14H2,1-4H3. The molecule has 0 N–H and O–H groups in total. The predicted molar refractivity (Wildman–Crippen MR) is 101 cm³/mol. The van der Waals surface area contributed by atoms with E-state index < -0.39 is 10.2 Å². The number of rotatable bonds is 7. The molecule has 2 rings (SSSR count). The summed E-state index contributed by atoms with van der Waals surface area (Å²) in [4.78, 5) is 14.1. The molecule has 1 saturated heterocycles. The van der Waals surface area contributed by atoms with Gasteiger partial charge in [-0.25, -0.2) is 0 Å². The molecule has 146 valence electrons. The van der Waals surface area contributed by atoms with Gasteiger partial charge in [-0.1, -0.05) is 26.0 Å². The van der Waals surface area contributed by atoms with Gasteiger partial charge in [0.2, 0.25) is 0 Å². The lowest BCUT2D eigenvalue weighted by atomic mass is 10.1. The summed E-state index contributed by atoms with van der Waals surface area (Å²) in [5.41, 5.74) is 2.06. The van der Waals surface area contributed by atoms with Crippen molar-refractivity contribution in [1.29, 1.82) is 0 Å². The van der Waals surface area contributed by atoms with Gasteiger partial charge < -0.3 is 9.64 Å². The minimum Gasteiger partial charge on any atom is -0.483 e. The van der Waals surface area contributed by atoms with Crippen molar-refractivity contribution in [2.24, 2.45) is 0 Å². The van der Waals surface area contributed by atoms with Gasteiger partial charge in [-0.15, -0.1) is 0 Å². The van der Waals surface area contributed by atoms with Crippen LogP contribution in [0.5, 0.6) is 5.75 Å². The fraction of sp³-hybridized carbons (Fsp3) is 0.611. The number of aryl methyl sites for hydroxylation is 2. The van der Waals surface area contributed by atoms with Crippen LogP contribution in [0, 0.1) is 13.8 Å². The van der Waals surface area contributed by atoms with Crippen molar-refractivity contribution in [3.63, 3.8) is 0 Å². The molecule has 1 aliphatic heterocycles. The van der Waals surface area contributed by atoms with E-state index in [1.54, 1.807) is 4.90 Å². The van der Waals surface area contributed by atoms with E-state index in [9.17, 15) is 13.2 Å². The van der Waals surface area contributed by atoms with Crippen LogP contribution in [0.25, 0.3) is 0 Å². The molecular formula is C18H29N3O4S.